The monoisotopic (exact) mass is 271 g/mol. The number of benzene rings is 1. The highest BCUT2D eigenvalue weighted by molar-refractivity contribution is 6.33. The maximum Gasteiger partial charge on any atom is 0.0642 e. The molecule has 1 saturated heterocycles. The van der Waals surface area contributed by atoms with E-state index in [4.69, 9.17) is 23.2 Å². The van der Waals surface area contributed by atoms with Crippen LogP contribution in [0.1, 0.15) is 38.2 Å². The average Bonchev–Trinajstić information content (AvgIpc) is 2.38. The molecule has 0 amide bonds. The number of anilines is 1. The maximum atomic E-state index is 6.36. The highest BCUT2D eigenvalue weighted by atomic mass is 35.5. The van der Waals surface area contributed by atoms with Gasteiger partial charge in [-0.1, -0.05) is 24.6 Å². The normalized spacial score (nSPS) is 20.6. The molecule has 1 fully saturated rings. The first-order valence-electron chi connectivity index (χ1n) is 6.37. The molecule has 1 nitrogen and oxygen atoms in total. The van der Waals surface area contributed by atoms with Crippen molar-refractivity contribution < 1.29 is 0 Å². The third-order valence-corrected chi connectivity index (χ3v) is 4.19. The summed E-state index contributed by atoms with van der Waals surface area (Å²) in [5.41, 5.74) is 2.26. The number of rotatable bonds is 3. The van der Waals surface area contributed by atoms with Crippen LogP contribution in [0.25, 0.3) is 0 Å². The topological polar surface area (TPSA) is 3.24 Å². The smallest absolute Gasteiger partial charge is 0.0642 e. The second-order valence-corrected chi connectivity index (χ2v) is 5.35. The molecule has 1 aromatic carbocycles. The Morgan fingerprint density at radius 1 is 1.35 bits per heavy atom. The molecular formula is C14H19Cl2N. The molecule has 1 unspecified atom stereocenters. The largest absolute Gasteiger partial charge is 0.367 e. The molecule has 0 spiro atoms. The predicted octanol–water partition coefficient (Wildman–Crippen LogP) is 4.85. The average molecular weight is 272 g/mol. The fraction of sp³-hybridized carbons (Fsp3) is 0.571. The van der Waals surface area contributed by atoms with Gasteiger partial charge in [0.2, 0.25) is 0 Å². The van der Waals surface area contributed by atoms with E-state index >= 15 is 0 Å². The fourth-order valence-corrected chi connectivity index (χ4v) is 3.09. The lowest BCUT2D eigenvalue weighted by Gasteiger charge is -2.37. The van der Waals surface area contributed by atoms with Crippen LogP contribution >= 0.6 is 23.2 Å². The summed E-state index contributed by atoms with van der Waals surface area (Å²) in [7, 11) is 0. The lowest BCUT2D eigenvalue weighted by Crippen LogP contribution is -2.39. The summed E-state index contributed by atoms with van der Waals surface area (Å²) in [6.07, 6.45) is 5.08. The lowest BCUT2D eigenvalue weighted by molar-refractivity contribution is 0.450. The van der Waals surface area contributed by atoms with Crippen LogP contribution in [-0.2, 0) is 5.88 Å². The number of hydrogen-bond acceptors (Lipinski definition) is 1. The number of nitrogens with zero attached hydrogens (tertiary/aromatic N) is 1. The van der Waals surface area contributed by atoms with Crippen LogP contribution in [0.3, 0.4) is 0 Å². The predicted molar refractivity (Wildman–Crippen MR) is 76.3 cm³/mol. The molecule has 94 valence electrons. The highest BCUT2D eigenvalue weighted by Gasteiger charge is 2.22. The van der Waals surface area contributed by atoms with E-state index < -0.39 is 0 Å². The van der Waals surface area contributed by atoms with Gasteiger partial charge in [0.05, 0.1) is 10.7 Å². The Kier molecular flexibility index (Phi) is 4.58. The standard InChI is InChI=1S/C14H19Cl2N/c1-2-12-5-3-4-8-17(12)14-7-6-11(10-15)9-13(14)16/h6-7,9,12H,2-5,8,10H2,1H3. The molecule has 0 aliphatic carbocycles. The van der Waals surface area contributed by atoms with E-state index in [1.807, 2.05) is 6.07 Å². The Labute approximate surface area is 114 Å². The molecule has 0 N–H and O–H groups in total. The summed E-state index contributed by atoms with van der Waals surface area (Å²) in [6.45, 7) is 3.38. The SMILES string of the molecule is CCC1CCCCN1c1ccc(CCl)cc1Cl. The van der Waals surface area contributed by atoms with Gasteiger partial charge < -0.3 is 4.90 Å². The molecule has 1 heterocycles. The lowest BCUT2D eigenvalue weighted by atomic mass is 9.99. The first-order chi connectivity index (χ1) is 8.26. The van der Waals surface area contributed by atoms with Crippen LogP contribution in [0.15, 0.2) is 18.2 Å². The summed E-state index contributed by atoms with van der Waals surface area (Å²) in [5, 5.41) is 0.837. The van der Waals surface area contributed by atoms with Crippen molar-refractivity contribution >= 4 is 28.9 Å². The van der Waals surface area contributed by atoms with Crippen molar-refractivity contribution in [1.29, 1.82) is 0 Å². The Hall–Kier alpha value is -0.400. The van der Waals surface area contributed by atoms with Crippen molar-refractivity contribution in [3.63, 3.8) is 0 Å². The molecule has 0 radical (unpaired) electrons. The van der Waals surface area contributed by atoms with Gasteiger partial charge in [0.15, 0.2) is 0 Å². The minimum Gasteiger partial charge on any atom is -0.367 e. The first kappa shape index (κ1) is 13.0. The van der Waals surface area contributed by atoms with Gasteiger partial charge in [-0.05, 0) is 43.4 Å². The van der Waals surface area contributed by atoms with Crippen LogP contribution < -0.4 is 4.90 Å². The Morgan fingerprint density at radius 2 is 2.18 bits per heavy atom. The minimum absolute atomic E-state index is 0.525. The minimum atomic E-state index is 0.525. The number of halogens is 2. The van der Waals surface area contributed by atoms with Crippen LogP contribution in [0.2, 0.25) is 5.02 Å². The van der Waals surface area contributed by atoms with E-state index in [0.717, 1.165) is 17.1 Å². The molecule has 2 rings (SSSR count). The number of alkyl halides is 1. The Morgan fingerprint density at radius 3 is 2.82 bits per heavy atom. The van der Waals surface area contributed by atoms with Crippen molar-refractivity contribution in [2.24, 2.45) is 0 Å². The van der Waals surface area contributed by atoms with Gasteiger partial charge in [-0.15, -0.1) is 11.6 Å². The van der Waals surface area contributed by atoms with Crippen LogP contribution in [0.4, 0.5) is 5.69 Å². The quantitative estimate of drug-likeness (QED) is 0.711. The summed E-state index contributed by atoms with van der Waals surface area (Å²) in [6, 6.07) is 6.83. The van der Waals surface area contributed by atoms with Crippen molar-refractivity contribution in [3.05, 3.63) is 28.8 Å². The van der Waals surface area contributed by atoms with E-state index in [0.29, 0.717) is 11.9 Å². The van der Waals surface area contributed by atoms with Crippen LogP contribution in [0, 0.1) is 0 Å². The Bertz CT molecular complexity index is 378. The third-order valence-electron chi connectivity index (χ3n) is 3.57. The molecule has 1 aliphatic heterocycles. The molecule has 3 heteroatoms. The zero-order valence-corrected chi connectivity index (χ0v) is 11.8. The molecule has 17 heavy (non-hydrogen) atoms. The van der Waals surface area contributed by atoms with Gasteiger partial charge in [-0.3, -0.25) is 0 Å². The van der Waals surface area contributed by atoms with E-state index in [1.165, 1.54) is 31.4 Å². The molecule has 1 atom stereocenters. The fourth-order valence-electron chi connectivity index (χ4n) is 2.61. The molecule has 0 aromatic heterocycles. The van der Waals surface area contributed by atoms with Crippen molar-refractivity contribution in [2.45, 2.75) is 44.5 Å². The summed E-state index contributed by atoms with van der Waals surface area (Å²) < 4.78 is 0. The van der Waals surface area contributed by atoms with Gasteiger partial charge in [0.1, 0.15) is 0 Å². The van der Waals surface area contributed by atoms with Crippen LogP contribution in [-0.4, -0.2) is 12.6 Å². The van der Waals surface area contributed by atoms with Crippen molar-refractivity contribution in [2.75, 3.05) is 11.4 Å². The second kappa shape index (κ2) is 5.97. The molecule has 1 aliphatic rings. The Balaban J connectivity index is 2.25. The first-order valence-corrected chi connectivity index (χ1v) is 7.28. The maximum absolute atomic E-state index is 6.36. The van der Waals surface area contributed by atoms with Crippen molar-refractivity contribution in [1.82, 2.24) is 0 Å². The van der Waals surface area contributed by atoms with Gasteiger partial charge >= 0.3 is 0 Å². The van der Waals surface area contributed by atoms with E-state index in [9.17, 15) is 0 Å². The van der Waals surface area contributed by atoms with E-state index in [2.05, 4.69) is 24.0 Å². The highest BCUT2D eigenvalue weighted by Crippen LogP contribution is 2.33. The summed E-state index contributed by atoms with van der Waals surface area (Å²) in [5.74, 6) is 0.525. The zero-order valence-electron chi connectivity index (χ0n) is 10.3. The molecule has 1 aromatic rings. The number of hydrogen-bond donors (Lipinski definition) is 0. The van der Waals surface area contributed by atoms with Gasteiger partial charge in [0.25, 0.3) is 0 Å². The van der Waals surface area contributed by atoms with E-state index in [1.54, 1.807) is 0 Å². The molecule has 0 saturated carbocycles. The van der Waals surface area contributed by atoms with Gasteiger partial charge in [-0.2, -0.15) is 0 Å². The van der Waals surface area contributed by atoms with Crippen LogP contribution in [0.5, 0.6) is 0 Å². The number of piperidine rings is 1. The van der Waals surface area contributed by atoms with Gasteiger partial charge in [-0.25, -0.2) is 0 Å². The summed E-state index contributed by atoms with van der Waals surface area (Å²) in [4.78, 5) is 2.46. The second-order valence-electron chi connectivity index (χ2n) is 4.67. The molecular weight excluding hydrogens is 253 g/mol. The third kappa shape index (κ3) is 2.89. The van der Waals surface area contributed by atoms with Gasteiger partial charge in [0, 0.05) is 18.5 Å². The van der Waals surface area contributed by atoms with Crippen molar-refractivity contribution in [3.8, 4) is 0 Å². The van der Waals surface area contributed by atoms with E-state index in [-0.39, 0.29) is 0 Å². The zero-order chi connectivity index (χ0) is 12.3. The summed E-state index contributed by atoms with van der Waals surface area (Å²) >= 11 is 12.2. The molecule has 0 bridgehead atoms.